The Kier molecular flexibility index (Phi) is 5.89. The fourth-order valence-corrected chi connectivity index (χ4v) is 3.99. The molecule has 0 atom stereocenters. The summed E-state index contributed by atoms with van der Waals surface area (Å²) in [6, 6.07) is 8.72. The van der Waals surface area contributed by atoms with Gasteiger partial charge in [0.05, 0.1) is 14.8 Å². The summed E-state index contributed by atoms with van der Waals surface area (Å²) in [7, 11) is 0. The number of alkyl halides is 3. The van der Waals surface area contributed by atoms with E-state index in [-0.39, 0.29) is 5.91 Å². The molecule has 0 saturated carbocycles. The molecule has 0 spiro atoms. The van der Waals surface area contributed by atoms with Crippen LogP contribution in [0, 0.1) is 0 Å². The van der Waals surface area contributed by atoms with Crippen LogP contribution in [0.25, 0.3) is 0 Å². The Balaban J connectivity index is 1.58. The van der Waals surface area contributed by atoms with Gasteiger partial charge in [-0.15, -0.1) is 11.3 Å². The first kappa shape index (κ1) is 19.2. The van der Waals surface area contributed by atoms with Crippen molar-refractivity contribution < 1.29 is 18.0 Å². The molecule has 0 unspecified atom stereocenters. The van der Waals surface area contributed by atoms with Crippen LogP contribution in [0.15, 0.2) is 36.4 Å². The summed E-state index contributed by atoms with van der Waals surface area (Å²) in [4.78, 5) is 17.1. The van der Waals surface area contributed by atoms with Crippen molar-refractivity contribution in [3.8, 4) is 0 Å². The Labute approximate surface area is 159 Å². The van der Waals surface area contributed by atoms with E-state index in [1.807, 2.05) is 4.90 Å². The molecule has 0 radical (unpaired) electrons. The van der Waals surface area contributed by atoms with Gasteiger partial charge < -0.3 is 4.90 Å². The van der Waals surface area contributed by atoms with Gasteiger partial charge in [0.1, 0.15) is 0 Å². The Hall–Kier alpha value is -1.57. The second kappa shape index (κ2) is 7.98. The summed E-state index contributed by atoms with van der Waals surface area (Å²) in [5.74, 6) is -0.0155. The van der Waals surface area contributed by atoms with Gasteiger partial charge in [-0.3, -0.25) is 9.69 Å². The van der Waals surface area contributed by atoms with Crippen LogP contribution >= 0.6 is 22.9 Å². The molecule has 3 rings (SSSR count). The van der Waals surface area contributed by atoms with Crippen molar-refractivity contribution in [2.75, 3.05) is 26.2 Å². The summed E-state index contributed by atoms with van der Waals surface area (Å²) in [5.41, 5.74) is 0.200. The summed E-state index contributed by atoms with van der Waals surface area (Å²) in [5, 5.41) is 0. The van der Waals surface area contributed by atoms with E-state index in [2.05, 4.69) is 4.90 Å². The average Bonchev–Trinajstić information content (AvgIpc) is 2.89. The maximum Gasteiger partial charge on any atom is 0.416 e. The number of hydrogen-bond acceptors (Lipinski definition) is 3. The molecule has 0 bridgehead atoms. The zero-order valence-electron chi connectivity index (χ0n) is 13.9. The number of benzene rings is 1. The number of rotatable bonds is 3. The van der Waals surface area contributed by atoms with Crippen molar-refractivity contribution in [3.63, 3.8) is 0 Å². The molecule has 2 aromatic rings. The number of carbonyl (C=O) groups is 1. The first-order valence-electron chi connectivity index (χ1n) is 8.26. The third kappa shape index (κ3) is 4.78. The molecular weight excluding hydrogens is 385 g/mol. The van der Waals surface area contributed by atoms with Crippen LogP contribution in [-0.2, 0) is 12.7 Å². The van der Waals surface area contributed by atoms with Gasteiger partial charge in [-0.25, -0.2) is 0 Å². The van der Waals surface area contributed by atoms with E-state index >= 15 is 0 Å². The number of hydrogen-bond donors (Lipinski definition) is 0. The average molecular weight is 403 g/mol. The SMILES string of the molecule is O=C(c1ccc(Cl)s1)N1CCCN(Cc2ccc(C(F)(F)F)cc2)CC1. The Bertz CT molecular complexity index is 761. The van der Waals surface area contributed by atoms with Crippen LogP contribution in [0.5, 0.6) is 0 Å². The summed E-state index contributed by atoms with van der Waals surface area (Å²) in [6.45, 7) is 3.32. The standard InChI is InChI=1S/C18H18ClF3N2OS/c19-16-7-6-15(26-16)17(25)24-9-1-8-23(10-11-24)12-13-2-4-14(5-3-13)18(20,21)22/h2-7H,1,8-12H2. The minimum absolute atomic E-state index is 0.0155. The third-order valence-corrected chi connectivity index (χ3v) is 5.57. The molecule has 1 aliphatic heterocycles. The highest BCUT2D eigenvalue weighted by Gasteiger charge is 2.30. The van der Waals surface area contributed by atoms with Crippen LogP contribution in [0.4, 0.5) is 13.2 Å². The van der Waals surface area contributed by atoms with Gasteiger partial charge >= 0.3 is 6.18 Å². The number of halogens is 4. The second-order valence-electron chi connectivity index (χ2n) is 6.22. The van der Waals surface area contributed by atoms with Gasteiger partial charge in [0.2, 0.25) is 0 Å². The Morgan fingerprint density at radius 1 is 1.04 bits per heavy atom. The van der Waals surface area contributed by atoms with E-state index in [4.69, 9.17) is 11.6 Å². The minimum Gasteiger partial charge on any atom is -0.337 e. The zero-order valence-corrected chi connectivity index (χ0v) is 15.5. The fourth-order valence-electron chi connectivity index (χ4n) is 2.97. The van der Waals surface area contributed by atoms with Crippen molar-refractivity contribution in [2.24, 2.45) is 0 Å². The van der Waals surface area contributed by atoms with E-state index in [0.29, 0.717) is 35.4 Å². The maximum atomic E-state index is 12.6. The molecule has 1 aliphatic rings. The molecule has 1 saturated heterocycles. The van der Waals surface area contributed by atoms with E-state index in [1.165, 1.54) is 23.5 Å². The summed E-state index contributed by atoms with van der Waals surface area (Å²) >= 11 is 7.17. The lowest BCUT2D eigenvalue weighted by molar-refractivity contribution is -0.137. The predicted octanol–water partition coefficient (Wildman–Crippen LogP) is 4.77. The van der Waals surface area contributed by atoms with Gasteiger partial charge in [0, 0.05) is 32.7 Å². The van der Waals surface area contributed by atoms with Crippen molar-refractivity contribution >= 4 is 28.8 Å². The number of thiophene rings is 1. The van der Waals surface area contributed by atoms with Gasteiger partial charge in [0.15, 0.2) is 0 Å². The van der Waals surface area contributed by atoms with Crippen LogP contribution in [0.1, 0.15) is 27.2 Å². The molecule has 3 nitrogen and oxygen atoms in total. The summed E-state index contributed by atoms with van der Waals surface area (Å²) < 4.78 is 38.5. The molecule has 26 heavy (non-hydrogen) atoms. The summed E-state index contributed by atoms with van der Waals surface area (Å²) in [6.07, 6.45) is -3.49. The predicted molar refractivity (Wildman–Crippen MR) is 96.6 cm³/mol. The minimum atomic E-state index is -4.31. The normalized spacial score (nSPS) is 16.5. The van der Waals surface area contributed by atoms with Crippen molar-refractivity contribution in [2.45, 2.75) is 19.1 Å². The van der Waals surface area contributed by atoms with Crippen LogP contribution in [0.2, 0.25) is 4.34 Å². The first-order valence-corrected chi connectivity index (χ1v) is 9.45. The van der Waals surface area contributed by atoms with Gasteiger partial charge in [0.25, 0.3) is 5.91 Å². The molecular formula is C18H18ClF3N2OS. The molecule has 140 valence electrons. The highest BCUT2D eigenvalue weighted by atomic mass is 35.5. The molecule has 1 amide bonds. The largest absolute Gasteiger partial charge is 0.416 e. The number of carbonyl (C=O) groups excluding carboxylic acids is 1. The zero-order chi connectivity index (χ0) is 18.7. The lowest BCUT2D eigenvalue weighted by Crippen LogP contribution is -2.34. The topological polar surface area (TPSA) is 23.6 Å². The molecule has 1 aromatic carbocycles. The lowest BCUT2D eigenvalue weighted by Gasteiger charge is -2.22. The molecule has 1 fully saturated rings. The molecule has 8 heteroatoms. The van der Waals surface area contributed by atoms with E-state index < -0.39 is 11.7 Å². The second-order valence-corrected chi connectivity index (χ2v) is 7.94. The van der Waals surface area contributed by atoms with Crippen LogP contribution < -0.4 is 0 Å². The van der Waals surface area contributed by atoms with Crippen LogP contribution in [-0.4, -0.2) is 41.9 Å². The quantitative estimate of drug-likeness (QED) is 0.738. The van der Waals surface area contributed by atoms with Gasteiger partial charge in [-0.2, -0.15) is 13.2 Å². The van der Waals surface area contributed by atoms with E-state index in [9.17, 15) is 18.0 Å². The van der Waals surface area contributed by atoms with E-state index in [1.54, 1.807) is 12.1 Å². The Morgan fingerprint density at radius 3 is 2.38 bits per heavy atom. The van der Waals surface area contributed by atoms with Crippen LogP contribution in [0.3, 0.4) is 0 Å². The van der Waals surface area contributed by atoms with Gasteiger partial charge in [-0.1, -0.05) is 23.7 Å². The highest BCUT2D eigenvalue weighted by molar-refractivity contribution is 7.17. The monoisotopic (exact) mass is 402 g/mol. The Morgan fingerprint density at radius 2 is 1.77 bits per heavy atom. The maximum absolute atomic E-state index is 12.6. The molecule has 0 aliphatic carbocycles. The highest BCUT2D eigenvalue weighted by Crippen LogP contribution is 2.29. The third-order valence-electron chi connectivity index (χ3n) is 4.35. The van der Waals surface area contributed by atoms with Crippen molar-refractivity contribution in [1.82, 2.24) is 9.80 Å². The lowest BCUT2D eigenvalue weighted by atomic mass is 10.1. The first-order chi connectivity index (χ1) is 12.3. The molecule has 1 aromatic heterocycles. The number of amides is 1. The van der Waals surface area contributed by atoms with E-state index in [0.717, 1.165) is 30.7 Å². The number of nitrogens with zero attached hydrogens (tertiary/aromatic N) is 2. The molecule has 2 heterocycles. The molecule has 0 N–H and O–H groups in total. The van der Waals surface area contributed by atoms with Crippen molar-refractivity contribution in [3.05, 3.63) is 56.7 Å². The smallest absolute Gasteiger partial charge is 0.337 e. The van der Waals surface area contributed by atoms with Gasteiger partial charge in [-0.05, 0) is 36.2 Å². The fraction of sp³-hybridized carbons (Fsp3) is 0.389. The van der Waals surface area contributed by atoms with Crippen molar-refractivity contribution in [1.29, 1.82) is 0 Å².